The van der Waals surface area contributed by atoms with Crippen LogP contribution in [0.25, 0.3) is 0 Å². The number of benzene rings is 1. The molecule has 7 heteroatoms. The molecular weight excluding hydrogens is 441 g/mol. The van der Waals surface area contributed by atoms with E-state index in [0.717, 1.165) is 43.5 Å². The summed E-state index contributed by atoms with van der Waals surface area (Å²) in [5, 5.41) is 10.6. The van der Waals surface area contributed by atoms with Gasteiger partial charge in [-0.25, -0.2) is 0 Å². The minimum Gasteiger partial charge on any atom is -0.370 e. The molecule has 1 heterocycles. The number of halogens is 1. The first-order valence-corrected chi connectivity index (χ1v) is 8.86. The monoisotopic (exact) mass is 471 g/mol. The van der Waals surface area contributed by atoms with Crippen LogP contribution >= 0.6 is 24.0 Å². The highest BCUT2D eigenvalue weighted by atomic mass is 127. The number of anilines is 1. The topological polar surface area (TPSA) is 65.7 Å². The van der Waals surface area contributed by atoms with Crippen LogP contribution in [0.15, 0.2) is 39.8 Å². The maximum Gasteiger partial charge on any atom is 0.191 e. The SMILES string of the molecule is CCc1cc(CNC(=NC)NCCN(CC)c2cccc(C)c2)on1.I. The van der Waals surface area contributed by atoms with Gasteiger partial charge in [0.1, 0.15) is 0 Å². The fourth-order valence-electron chi connectivity index (χ4n) is 2.60. The summed E-state index contributed by atoms with van der Waals surface area (Å²) < 4.78 is 5.28. The predicted octanol–water partition coefficient (Wildman–Crippen LogP) is 3.35. The Kier molecular flexibility index (Phi) is 10.1. The summed E-state index contributed by atoms with van der Waals surface area (Å²) in [7, 11) is 1.77. The molecule has 2 rings (SSSR count). The van der Waals surface area contributed by atoms with E-state index in [1.165, 1.54) is 11.3 Å². The first kappa shape index (κ1) is 22.3. The number of rotatable bonds is 8. The molecule has 2 aromatic rings. The van der Waals surface area contributed by atoms with Gasteiger partial charge in [0.2, 0.25) is 0 Å². The van der Waals surface area contributed by atoms with Crippen LogP contribution in [-0.4, -0.2) is 37.8 Å². The van der Waals surface area contributed by atoms with Gasteiger partial charge < -0.3 is 20.1 Å². The van der Waals surface area contributed by atoms with Crippen LogP contribution in [0.1, 0.15) is 30.9 Å². The van der Waals surface area contributed by atoms with E-state index in [-0.39, 0.29) is 24.0 Å². The molecule has 0 unspecified atom stereocenters. The fourth-order valence-corrected chi connectivity index (χ4v) is 2.60. The molecule has 0 aliphatic rings. The number of guanidine groups is 1. The van der Waals surface area contributed by atoms with Crippen molar-refractivity contribution in [2.45, 2.75) is 33.7 Å². The molecule has 0 fully saturated rings. The molecule has 0 aliphatic carbocycles. The second-order valence-electron chi connectivity index (χ2n) is 5.91. The molecule has 0 atom stereocenters. The zero-order valence-corrected chi connectivity index (χ0v) is 18.4. The van der Waals surface area contributed by atoms with Gasteiger partial charge in [-0.15, -0.1) is 24.0 Å². The van der Waals surface area contributed by atoms with Gasteiger partial charge in [0.15, 0.2) is 11.7 Å². The zero-order chi connectivity index (χ0) is 18.1. The third-order valence-corrected chi connectivity index (χ3v) is 4.05. The van der Waals surface area contributed by atoms with Crippen LogP contribution in [-0.2, 0) is 13.0 Å². The minimum atomic E-state index is 0. The average molecular weight is 471 g/mol. The number of nitrogens with one attached hydrogen (secondary N) is 2. The Morgan fingerprint density at radius 2 is 2.04 bits per heavy atom. The molecule has 6 nitrogen and oxygen atoms in total. The molecule has 0 bridgehead atoms. The molecule has 1 aromatic heterocycles. The summed E-state index contributed by atoms with van der Waals surface area (Å²) in [4.78, 5) is 6.60. The van der Waals surface area contributed by atoms with Crippen molar-refractivity contribution in [3.05, 3.63) is 47.3 Å². The van der Waals surface area contributed by atoms with Crippen molar-refractivity contribution in [3.8, 4) is 0 Å². The second-order valence-corrected chi connectivity index (χ2v) is 5.91. The lowest BCUT2D eigenvalue weighted by Gasteiger charge is -2.24. The summed E-state index contributed by atoms with van der Waals surface area (Å²) in [6, 6.07) is 10.6. The molecular formula is C19H30IN5O. The summed E-state index contributed by atoms with van der Waals surface area (Å²) in [6.07, 6.45) is 0.877. The van der Waals surface area contributed by atoms with Gasteiger partial charge in [-0.05, 0) is 38.0 Å². The highest BCUT2D eigenvalue weighted by molar-refractivity contribution is 14.0. The van der Waals surface area contributed by atoms with Crippen molar-refractivity contribution in [2.75, 3.05) is 31.6 Å². The van der Waals surface area contributed by atoms with E-state index in [1.807, 2.05) is 6.07 Å². The number of aromatic nitrogens is 1. The highest BCUT2D eigenvalue weighted by Crippen LogP contribution is 2.14. The van der Waals surface area contributed by atoms with Crippen LogP contribution < -0.4 is 15.5 Å². The number of hydrogen-bond donors (Lipinski definition) is 2. The van der Waals surface area contributed by atoms with Crippen LogP contribution in [0.4, 0.5) is 5.69 Å². The van der Waals surface area contributed by atoms with Crippen LogP contribution in [0.3, 0.4) is 0 Å². The standard InChI is InChI=1S/C19H29N5O.HI/c1-5-16-13-18(25-23-16)14-22-19(20-4)21-10-11-24(6-2)17-9-7-8-15(3)12-17;/h7-9,12-13H,5-6,10-11,14H2,1-4H3,(H2,20,21,22);1H. The van der Waals surface area contributed by atoms with Crippen molar-refractivity contribution < 1.29 is 4.52 Å². The number of nitrogens with zero attached hydrogens (tertiary/aromatic N) is 3. The molecule has 0 spiro atoms. The first-order valence-electron chi connectivity index (χ1n) is 8.86. The molecule has 1 aromatic carbocycles. The predicted molar refractivity (Wildman–Crippen MR) is 119 cm³/mol. The number of likely N-dealkylation sites (N-methyl/N-ethyl adjacent to an activating group) is 1. The minimum absolute atomic E-state index is 0. The van der Waals surface area contributed by atoms with Crippen molar-refractivity contribution in [2.24, 2.45) is 4.99 Å². The zero-order valence-electron chi connectivity index (χ0n) is 16.1. The van der Waals surface area contributed by atoms with Crippen molar-refractivity contribution in [3.63, 3.8) is 0 Å². The smallest absolute Gasteiger partial charge is 0.191 e. The number of aliphatic imine (C=N–C) groups is 1. The number of hydrogen-bond acceptors (Lipinski definition) is 4. The lowest BCUT2D eigenvalue weighted by atomic mass is 10.2. The van der Waals surface area contributed by atoms with E-state index in [1.54, 1.807) is 7.05 Å². The maximum atomic E-state index is 5.28. The van der Waals surface area contributed by atoms with E-state index >= 15 is 0 Å². The molecule has 0 saturated heterocycles. The molecule has 0 saturated carbocycles. The Morgan fingerprint density at radius 1 is 1.23 bits per heavy atom. The Balaban J connectivity index is 0.00000338. The third-order valence-electron chi connectivity index (χ3n) is 4.05. The Morgan fingerprint density at radius 3 is 2.65 bits per heavy atom. The van der Waals surface area contributed by atoms with Gasteiger partial charge in [-0.1, -0.05) is 24.2 Å². The first-order chi connectivity index (χ1) is 12.2. The Bertz CT molecular complexity index is 686. The largest absolute Gasteiger partial charge is 0.370 e. The van der Waals surface area contributed by atoms with Gasteiger partial charge in [0.25, 0.3) is 0 Å². The van der Waals surface area contributed by atoms with Gasteiger partial charge in [-0.3, -0.25) is 4.99 Å². The van der Waals surface area contributed by atoms with E-state index in [4.69, 9.17) is 4.52 Å². The Labute approximate surface area is 173 Å². The Hall–Kier alpha value is -1.77. The second kappa shape index (κ2) is 11.8. The summed E-state index contributed by atoms with van der Waals surface area (Å²) in [5.41, 5.74) is 3.50. The van der Waals surface area contributed by atoms with E-state index in [2.05, 4.69) is 70.7 Å². The summed E-state index contributed by atoms with van der Waals surface area (Å²) >= 11 is 0. The van der Waals surface area contributed by atoms with Gasteiger partial charge in [0.05, 0.1) is 12.2 Å². The lowest BCUT2D eigenvalue weighted by Crippen LogP contribution is -2.41. The van der Waals surface area contributed by atoms with Crippen LogP contribution in [0.5, 0.6) is 0 Å². The quantitative estimate of drug-likeness (QED) is 0.351. The third kappa shape index (κ3) is 6.86. The molecule has 26 heavy (non-hydrogen) atoms. The fraction of sp³-hybridized carbons (Fsp3) is 0.474. The summed E-state index contributed by atoms with van der Waals surface area (Å²) in [5.74, 6) is 1.57. The highest BCUT2D eigenvalue weighted by Gasteiger charge is 2.06. The van der Waals surface area contributed by atoms with Crippen molar-refractivity contribution in [1.82, 2.24) is 15.8 Å². The van der Waals surface area contributed by atoms with Crippen molar-refractivity contribution in [1.29, 1.82) is 0 Å². The molecule has 2 N–H and O–H groups in total. The van der Waals surface area contributed by atoms with E-state index in [9.17, 15) is 0 Å². The van der Waals surface area contributed by atoms with Gasteiger partial charge in [0, 0.05) is 38.4 Å². The normalized spacial score (nSPS) is 11.0. The molecule has 144 valence electrons. The number of aryl methyl sites for hydroxylation is 2. The van der Waals surface area contributed by atoms with Crippen LogP contribution in [0.2, 0.25) is 0 Å². The molecule has 0 radical (unpaired) electrons. The van der Waals surface area contributed by atoms with E-state index in [0.29, 0.717) is 6.54 Å². The van der Waals surface area contributed by atoms with Crippen molar-refractivity contribution >= 4 is 35.6 Å². The van der Waals surface area contributed by atoms with E-state index < -0.39 is 0 Å². The lowest BCUT2D eigenvalue weighted by molar-refractivity contribution is 0.374. The molecule has 0 amide bonds. The van der Waals surface area contributed by atoms with Gasteiger partial charge in [-0.2, -0.15) is 0 Å². The van der Waals surface area contributed by atoms with Crippen LogP contribution in [0, 0.1) is 6.92 Å². The maximum absolute atomic E-state index is 5.28. The average Bonchev–Trinajstić information content (AvgIpc) is 3.09. The molecule has 0 aliphatic heterocycles. The van der Waals surface area contributed by atoms with Gasteiger partial charge >= 0.3 is 0 Å². The summed E-state index contributed by atoms with van der Waals surface area (Å²) in [6.45, 7) is 9.60.